The van der Waals surface area contributed by atoms with Crippen molar-refractivity contribution >= 4 is 17.5 Å². The number of halogens is 2. The zero-order chi connectivity index (χ0) is 28.6. The van der Waals surface area contributed by atoms with Gasteiger partial charge in [-0.05, 0) is 80.5 Å². The Morgan fingerprint density at radius 3 is 2.62 bits per heavy atom. The molecule has 1 heterocycles. The van der Waals surface area contributed by atoms with Crippen molar-refractivity contribution in [3.8, 4) is 5.75 Å². The number of amides is 2. The summed E-state index contributed by atoms with van der Waals surface area (Å²) in [6, 6.07) is 14.0. The minimum atomic E-state index is -2.57. The Kier molecular flexibility index (Phi) is 10.5. The van der Waals surface area contributed by atoms with Crippen molar-refractivity contribution < 1.29 is 23.1 Å². The number of hydrogen-bond acceptors (Lipinski definition) is 5. The van der Waals surface area contributed by atoms with Crippen LogP contribution in [-0.4, -0.2) is 68.5 Å². The van der Waals surface area contributed by atoms with Gasteiger partial charge in [0, 0.05) is 50.9 Å². The number of rotatable bonds is 10. The zero-order valence-electron chi connectivity index (χ0n) is 23.8. The first kappa shape index (κ1) is 29.9. The topological polar surface area (TPSA) is 73.9 Å². The summed E-state index contributed by atoms with van der Waals surface area (Å²) in [6.45, 7) is 7.71. The molecule has 0 unspecified atom stereocenters. The molecule has 2 aromatic rings. The molecule has 4 rings (SSSR count). The number of nitrogens with one attached hydrogen (secondary N) is 2. The van der Waals surface area contributed by atoms with Gasteiger partial charge in [-0.3, -0.25) is 14.5 Å². The molecular weight excluding hydrogens is 514 g/mol. The molecule has 218 valence electrons. The molecule has 2 amide bonds. The minimum Gasteiger partial charge on any atom is -0.490 e. The van der Waals surface area contributed by atoms with Crippen molar-refractivity contribution in [3.05, 3.63) is 59.2 Å². The van der Waals surface area contributed by atoms with Crippen LogP contribution in [0, 0.1) is 12.8 Å². The average molecular weight is 557 g/mol. The van der Waals surface area contributed by atoms with Gasteiger partial charge in [0.05, 0.1) is 19.1 Å². The molecule has 0 bridgehead atoms. The first-order valence-corrected chi connectivity index (χ1v) is 14.3. The van der Waals surface area contributed by atoms with Gasteiger partial charge in [-0.15, -0.1) is 0 Å². The number of carbonyl (C=O) groups excluding carboxylic acids is 2. The maximum absolute atomic E-state index is 13.3. The highest BCUT2D eigenvalue weighted by molar-refractivity contribution is 5.94. The molecule has 2 aliphatic rings. The minimum absolute atomic E-state index is 0.00787. The third-order valence-corrected chi connectivity index (χ3v) is 7.93. The van der Waals surface area contributed by atoms with Crippen LogP contribution in [0.4, 0.5) is 14.5 Å². The lowest BCUT2D eigenvalue weighted by Crippen LogP contribution is -2.48. The molecule has 7 nitrogen and oxygen atoms in total. The van der Waals surface area contributed by atoms with E-state index in [2.05, 4.69) is 47.6 Å². The summed E-state index contributed by atoms with van der Waals surface area (Å²) in [5.41, 5.74) is 4.13. The number of carbonyl (C=O) groups is 2. The Balaban J connectivity index is 1.26. The monoisotopic (exact) mass is 556 g/mol. The lowest BCUT2D eigenvalue weighted by Gasteiger charge is -2.32. The van der Waals surface area contributed by atoms with Crippen LogP contribution in [0.25, 0.3) is 0 Å². The van der Waals surface area contributed by atoms with E-state index in [-0.39, 0.29) is 24.3 Å². The van der Waals surface area contributed by atoms with Crippen LogP contribution < -0.4 is 20.3 Å². The highest BCUT2D eigenvalue weighted by atomic mass is 19.3. The normalized spacial score (nSPS) is 21.7. The summed E-state index contributed by atoms with van der Waals surface area (Å²) in [5, 5.41) is 5.70. The zero-order valence-corrected chi connectivity index (χ0v) is 23.8. The molecule has 2 N–H and O–H groups in total. The fourth-order valence-electron chi connectivity index (χ4n) is 5.65. The number of ether oxygens (including phenoxy) is 1. The summed E-state index contributed by atoms with van der Waals surface area (Å²) in [6.07, 6.45) is 0.485. The maximum atomic E-state index is 13.3. The molecule has 1 saturated carbocycles. The van der Waals surface area contributed by atoms with E-state index in [1.54, 1.807) is 23.1 Å². The van der Waals surface area contributed by atoms with Gasteiger partial charge in [0.15, 0.2) is 0 Å². The van der Waals surface area contributed by atoms with Gasteiger partial charge in [0.25, 0.3) is 6.43 Å². The summed E-state index contributed by atoms with van der Waals surface area (Å²) in [5.74, 6) is 0.298. The Bertz CT molecular complexity index is 1150. The van der Waals surface area contributed by atoms with Crippen LogP contribution in [0.5, 0.6) is 5.75 Å². The molecule has 1 aliphatic carbocycles. The molecule has 2 fully saturated rings. The van der Waals surface area contributed by atoms with E-state index in [0.29, 0.717) is 17.4 Å². The Hall–Kier alpha value is -3.04. The molecule has 1 aliphatic heterocycles. The van der Waals surface area contributed by atoms with Crippen molar-refractivity contribution in [3.63, 3.8) is 0 Å². The third kappa shape index (κ3) is 8.48. The van der Waals surface area contributed by atoms with E-state index in [0.717, 1.165) is 57.5 Å². The van der Waals surface area contributed by atoms with E-state index in [1.807, 2.05) is 13.1 Å². The number of piperazine rings is 1. The number of anilines is 1. The molecule has 1 atom stereocenters. The van der Waals surface area contributed by atoms with Crippen molar-refractivity contribution in [2.24, 2.45) is 5.92 Å². The molecule has 9 heteroatoms. The first-order valence-electron chi connectivity index (χ1n) is 14.3. The number of alkyl halides is 2. The summed E-state index contributed by atoms with van der Waals surface area (Å²) in [4.78, 5) is 29.5. The smallest absolute Gasteiger partial charge is 0.255 e. The standard InChI is InChI=1S/C31H42F2N4O3/c1-21-15-26(10-7-25(21)20-37-14-13-34-22(2)19-37)36(3)31(39)24-8-11-27(12-9-24)40-28-6-4-5-23(16-28)17-30(38)35-18-29(32)33/h4-7,10,15-16,22,24,27,29,34H,8-9,11-14,17-20H2,1-3H3,(H,35,38)/t22-,24-,27-/m0/s1. The van der Waals surface area contributed by atoms with E-state index in [9.17, 15) is 18.4 Å². The summed E-state index contributed by atoms with van der Waals surface area (Å²) in [7, 11) is 1.86. The highest BCUT2D eigenvalue weighted by Crippen LogP contribution is 2.31. The molecule has 2 aromatic carbocycles. The van der Waals surface area contributed by atoms with Gasteiger partial charge in [0.2, 0.25) is 11.8 Å². The Morgan fingerprint density at radius 1 is 1.15 bits per heavy atom. The predicted octanol–water partition coefficient (Wildman–Crippen LogP) is 4.31. The van der Waals surface area contributed by atoms with E-state index in [4.69, 9.17) is 4.74 Å². The van der Waals surface area contributed by atoms with E-state index < -0.39 is 18.9 Å². The maximum Gasteiger partial charge on any atom is 0.255 e. The van der Waals surface area contributed by atoms with Crippen molar-refractivity contribution in [1.82, 2.24) is 15.5 Å². The van der Waals surface area contributed by atoms with E-state index >= 15 is 0 Å². The summed E-state index contributed by atoms with van der Waals surface area (Å²) >= 11 is 0. The number of benzene rings is 2. The Morgan fingerprint density at radius 2 is 1.93 bits per heavy atom. The Labute approximate surface area is 236 Å². The third-order valence-electron chi connectivity index (χ3n) is 7.93. The van der Waals surface area contributed by atoms with Gasteiger partial charge < -0.3 is 20.3 Å². The molecular formula is C31H42F2N4O3. The molecule has 0 radical (unpaired) electrons. The quantitative estimate of drug-likeness (QED) is 0.456. The first-order chi connectivity index (χ1) is 19.2. The molecule has 40 heavy (non-hydrogen) atoms. The van der Waals surface area contributed by atoms with Gasteiger partial charge in [0.1, 0.15) is 5.75 Å². The lowest BCUT2D eigenvalue weighted by molar-refractivity contribution is -0.123. The van der Waals surface area contributed by atoms with Crippen molar-refractivity contribution in [2.45, 2.75) is 71.1 Å². The number of nitrogens with zero attached hydrogens (tertiary/aromatic N) is 2. The second-order valence-corrected chi connectivity index (χ2v) is 11.2. The molecule has 0 aromatic heterocycles. The van der Waals surface area contributed by atoms with Gasteiger partial charge in [-0.2, -0.15) is 0 Å². The van der Waals surface area contributed by atoms with Gasteiger partial charge >= 0.3 is 0 Å². The number of aryl methyl sites for hydroxylation is 1. The van der Waals surface area contributed by atoms with E-state index in [1.165, 1.54) is 11.1 Å². The van der Waals surface area contributed by atoms with Crippen LogP contribution in [0.2, 0.25) is 0 Å². The van der Waals surface area contributed by atoms with Crippen LogP contribution in [0.15, 0.2) is 42.5 Å². The second kappa shape index (κ2) is 14.0. The van der Waals surface area contributed by atoms with Crippen molar-refractivity contribution in [2.75, 3.05) is 38.1 Å². The highest BCUT2D eigenvalue weighted by Gasteiger charge is 2.30. The van der Waals surface area contributed by atoms with Crippen LogP contribution >= 0.6 is 0 Å². The molecule has 1 saturated heterocycles. The van der Waals surface area contributed by atoms with Gasteiger partial charge in [-0.1, -0.05) is 18.2 Å². The lowest BCUT2D eigenvalue weighted by atomic mass is 9.86. The van der Waals surface area contributed by atoms with Crippen LogP contribution in [-0.2, 0) is 22.6 Å². The fourth-order valence-corrected chi connectivity index (χ4v) is 5.65. The largest absolute Gasteiger partial charge is 0.490 e. The van der Waals surface area contributed by atoms with Crippen LogP contribution in [0.1, 0.15) is 49.3 Å². The SMILES string of the molecule is Cc1cc(N(C)C(=O)[C@H]2CC[C@H](Oc3cccc(CC(=O)NCC(F)F)c3)CC2)ccc1CN1CCN[C@@H](C)C1. The van der Waals surface area contributed by atoms with Crippen LogP contribution in [0.3, 0.4) is 0 Å². The molecule has 0 spiro atoms. The fraction of sp³-hybridized carbons (Fsp3) is 0.548. The summed E-state index contributed by atoms with van der Waals surface area (Å²) < 4.78 is 30.8. The van der Waals surface area contributed by atoms with Crippen molar-refractivity contribution in [1.29, 1.82) is 0 Å². The average Bonchev–Trinajstić information content (AvgIpc) is 2.93. The second-order valence-electron chi connectivity index (χ2n) is 11.2. The predicted molar refractivity (Wildman–Crippen MR) is 153 cm³/mol. The number of hydrogen-bond donors (Lipinski definition) is 2. The van der Waals surface area contributed by atoms with Gasteiger partial charge in [-0.25, -0.2) is 8.78 Å².